The Kier molecular flexibility index (Phi) is 87.7. The summed E-state index contributed by atoms with van der Waals surface area (Å²) in [7, 11) is -10.00. The van der Waals surface area contributed by atoms with Gasteiger partial charge in [0.15, 0.2) is 0 Å². The predicted octanol–water partition coefficient (Wildman–Crippen LogP) is 13.3. The van der Waals surface area contributed by atoms with Crippen molar-refractivity contribution >= 4 is 62.8 Å². The second-order valence-electron chi connectivity index (χ2n) is 31.0. The minimum Gasteiger partial charge on any atom is -0.756 e. The zero-order valence-electron chi connectivity index (χ0n) is 74.3. The van der Waals surface area contributed by atoms with Crippen molar-refractivity contribution in [1.29, 1.82) is 0 Å². The van der Waals surface area contributed by atoms with Crippen molar-refractivity contribution in [2.75, 3.05) is 65.9 Å². The van der Waals surface area contributed by atoms with Crippen molar-refractivity contribution in [2.24, 2.45) is 0 Å². The number of allylic oxidation sites excluding steroid dienone is 4. The molecule has 0 aromatic carbocycles. The first-order valence-corrected chi connectivity index (χ1v) is 48.3. The number of carbonyl (C=O) groups excluding carboxylic acids is 8. The number of phosphoric acid groups is 2. The topological polar surface area (TPSA) is 339 Å². The summed E-state index contributed by atoms with van der Waals surface area (Å²) in [6.45, 7) is 10.5. The molecule has 0 spiro atoms. The summed E-state index contributed by atoms with van der Waals surface area (Å²) in [5, 5.41) is 10.6. The van der Waals surface area contributed by atoms with Gasteiger partial charge < -0.3 is 68.1 Å². The van der Waals surface area contributed by atoms with Gasteiger partial charge in [0.25, 0.3) is 15.6 Å². The third-order valence-corrected chi connectivity index (χ3v) is 21.7. The molecule has 0 heterocycles. The van der Waals surface area contributed by atoms with Gasteiger partial charge in [-0.25, -0.2) is 0 Å². The van der Waals surface area contributed by atoms with E-state index in [0.29, 0.717) is 64.2 Å². The van der Waals surface area contributed by atoms with Crippen LogP contribution in [0.25, 0.3) is 0 Å². The van der Waals surface area contributed by atoms with Crippen LogP contribution in [0, 0.1) is 0 Å². The minimum absolute atomic E-state index is 0. The van der Waals surface area contributed by atoms with E-state index in [9.17, 15) is 57.3 Å². The number of phosphoric ester groups is 2. The molecule has 24 nitrogen and oxygen atoms in total. The van der Waals surface area contributed by atoms with Crippen LogP contribution in [-0.2, 0) is 84.5 Å². The SMILES string of the molecule is CCCCCC/C=C\CCCC(=O)OC(CCCCCCC)CCOCC(COP(=O)([O-])OCCNC(=O)CCCCC(=O)NCCOP(=O)([O-])OCC(COCCC(CCCCCCC)OC(=O)CCC/C=C\CCCCCC)NC(=O)CC(=O)CCCCCCCCCCC)NC(=O)CC(=O)CCCCCCCCCCC.[Na+].[Na+]. The van der Waals surface area contributed by atoms with Crippen LogP contribution in [0.5, 0.6) is 0 Å². The fourth-order valence-corrected chi connectivity index (χ4v) is 14.4. The Balaban J connectivity index is -0.0000638. The number of ether oxygens (including phenoxy) is 4. The first-order valence-electron chi connectivity index (χ1n) is 45.4. The van der Waals surface area contributed by atoms with Crippen LogP contribution in [-0.4, -0.2) is 137 Å². The van der Waals surface area contributed by atoms with Gasteiger partial charge in [-0.3, -0.25) is 47.5 Å². The quantitative estimate of drug-likeness (QED) is 0.0110. The number of hydrogen-bond acceptors (Lipinski definition) is 20. The molecule has 0 rings (SSSR count). The molecule has 0 aliphatic rings. The van der Waals surface area contributed by atoms with Crippen LogP contribution in [0.4, 0.5) is 0 Å². The fraction of sp³-hybridized carbons (Fsp3) is 0.864. The molecule has 0 fully saturated rings. The van der Waals surface area contributed by atoms with Gasteiger partial charge in [0.1, 0.15) is 23.8 Å². The van der Waals surface area contributed by atoms with E-state index in [2.05, 4.69) is 87.1 Å². The van der Waals surface area contributed by atoms with Crippen LogP contribution in [0.2, 0.25) is 0 Å². The van der Waals surface area contributed by atoms with Crippen LogP contribution >= 0.6 is 15.6 Å². The summed E-state index contributed by atoms with van der Waals surface area (Å²) in [5.74, 6) is -3.08. The summed E-state index contributed by atoms with van der Waals surface area (Å²) < 4.78 is 70.4. The number of unbranched alkanes of at least 4 members (excludes halogenated alkanes) is 35. The summed E-state index contributed by atoms with van der Waals surface area (Å²) in [6.07, 6.45) is 55.3. The zero-order chi connectivity index (χ0) is 83.9. The molecular formula is C88H162N4Na2O20P2. The molecule has 28 heteroatoms. The number of amides is 4. The third kappa shape index (κ3) is 82.7. The van der Waals surface area contributed by atoms with E-state index in [1.807, 2.05) is 0 Å². The Morgan fingerprint density at radius 3 is 0.922 bits per heavy atom. The van der Waals surface area contributed by atoms with Gasteiger partial charge >= 0.3 is 71.1 Å². The van der Waals surface area contributed by atoms with E-state index < -0.39 is 103 Å². The average Bonchev–Trinajstić information content (AvgIpc) is 0.902. The maximum atomic E-state index is 13.2. The molecule has 0 aliphatic carbocycles. The van der Waals surface area contributed by atoms with Crippen LogP contribution < -0.4 is 90.2 Å². The van der Waals surface area contributed by atoms with Crippen LogP contribution in [0.1, 0.15) is 401 Å². The molecule has 0 saturated heterocycles. The second kappa shape index (κ2) is 86.3. The normalized spacial score (nSPS) is 13.6. The van der Waals surface area contributed by atoms with Gasteiger partial charge in [-0.15, -0.1) is 0 Å². The summed E-state index contributed by atoms with van der Waals surface area (Å²) in [6, 6.07) is -2.00. The number of ketones is 2. The molecule has 666 valence electrons. The minimum atomic E-state index is -5.00. The number of Topliss-reactive ketones (excluding diaryl/α,β-unsaturated/α-hetero) is 2. The van der Waals surface area contributed by atoms with Gasteiger partial charge in [-0.2, -0.15) is 0 Å². The van der Waals surface area contributed by atoms with Gasteiger partial charge in [0, 0.05) is 64.5 Å². The van der Waals surface area contributed by atoms with Crippen molar-refractivity contribution in [3.05, 3.63) is 24.3 Å². The molecule has 0 bridgehead atoms. The van der Waals surface area contributed by atoms with Crippen molar-refractivity contribution < 1.29 is 153 Å². The number of rotatable bonds is 87. The van der Waals surface area contributed by atoms with Crippen molar-refractivity contribution in [1.82, 2.24) is 21.3 Å². The number of esters is 2. The van der Waals surface area contributed by atoms with Crippen LogP contribution in [0.3, 0.4) is 0 Å². The molecule has 0 radical (unpaired) electrons. The van der Waals surface area contributed by atoms with Gasteiger partial charge in [0.2, 0.25) is 23.6 Å². The van der Waals surface area contributed by atoms with E-state index in [1.54, 1.807) is 0 Å². The number of carbonyl (C=O) groups is 8. The van der Waals surface area contributed by atoms with Gasteiger partial charge in [-0.1, -0.05) is 258 Å². The average molecular weight is 1700 g/mol. The van der Waals surface area contributed by atoms with Crippen molar-refractivity contribution in [3.63, 3.8) is 0 Å². The zero-order valence-corrected chi connectivity index (χ0v) is 80.1. The van der Waals surface area contributed by atoms with E-state index in [1.165, 1.54) is 103 Å². The molecule has 6 atom stereocenters. The third-order valence-electron chi connectivity index (χ3n) is 19.8. The first kappa shape index (κ1) is 118. The van der Waals surface area contributed by atoms with E-state index in [-0.39, 0.29) is 161 Å². The van der Waals surface area contributed by atoms with E-state index in [0.717, 1.165) is 141 Å². The predicted molar refractivity (Wildman–Crippen MR) is 451 cm³/mol. The smallest absolute Gasteiger partial charge is 0.756 e. The summed E-state index contributed by atoms with van der Waals surface area (Å²) in [5.41, 5.74) is 0. The Morgan fingerprint density at radius 2 is 0.595 bits per heavy atom. The van der Waals surface area contributed by atoms with Gasteiger partial charge in [0.05, 0.1) is 77.8 Å². The molecule has 6 unspecified atom stereocenters. The largest absolute Gasteiger partial charge is 1.00 e. The van der Waals surface area contributed by atoms with Gasteiger partial charge in [-0.05, 0) is 103 Å². The second-order valence-corrected chi connectivity index (χ2v) is 33.8. The number of hydrogen-bond donors (Lipinski definition) is 4. The summed E-state index contributed by atoms with van der Waals surface area (Å²) >= 11 is 0. The Morgan fingerprint density at radius 1 is 0.310 bits per heavy atom. The van der Waals surface area contributed by atoms with Crippen molar-refractivity contribution in [3.8, 4) is 0 Å². The Labute approximate surface area is 747 Å². The molecule has 0 aromatic rings. The van der Waals surface area contributed by atoms with Crippen molar-refractivity contribution in [2.45, 2.75) is 425 Å². The monoisotopic (exact) mass is 1700 g/mol. The maximum absolute atomic E-state index is 13.2. The standard InChI is InChI=1S/C88H164N4O20P2.2Na/c1-7-13-19-25-29-33-37-43-47-55-79(93)71-85(97)91-77(73-105-67-63-81(57-49-41-23-17-11-5)111-87(99)61-51-45-39-35-31-27-21-15-9-3)75-109-113(101,102)107-69-65-89-83(95)59-53-54-60-84(96)90-66-70-108-114(103,104)110-76-78(92-86(98)72-80(94)56-48-44-38-34-30-26-20-14-8-2)74-106-68-64-82(58-50-42-24-18-12-6)112-88(100)62-52-46-40-36-32-28-22-16-10-4;;/h35-36,39-40,77-78,81-82H,7-34,37-38,41-76H2,1-6H3,(H,89,95)(H,90,96)(H,91,97)(H,92,98)(H,101,102)(H,103,104);;/q;2*+1/p-2/b39-35-,40-36-;;. The van der Waals surface area contributed by atoms with Crippen LogP contribution in [0.15, 0.2) is 24.3 Å². The fourth-order valence-electron chi connectivity index (χ4n) is 12.9. The Hall–Kier alpha value is -2.22. The van der Waals surface area contributed by atoms with E-state index in [4.69, 9.17) is 37.0 Å². The molecule has 0 aromatic heterocycles. The summed E-state index contributed by atoms with van der Waals surface area (Å²) in [4.78, 5) is 130. The molecule has 4 N–H and O–H groups in total. The maximum Gasteiger partial charge on any atom is 1.00 e. The molecule has 4 amide bonds. The van der Waals surface area contributed by atoms with E-state index >= 15 is 0 Å². The molecule has 116 heavy (non-hydrogen) atoms. The first-order chi connectivity index (χ1) is 55.2. The number of nitrogens with one attached hydrogen (secondary N) is 4. The molecule has 0 saturated carbocycles. The molecule has 0 aliphatic heterocycles. The molecular weight excluding hydrogens is 1540 g/mol. The Bertz CT molecular complexity index is 2390.